The van der Waals surface area contributed by atoms with Crippen molar-refractivity contribution in [3.63, 3.8) is 0 Å². The number of rotatable bonds is 4. The Kier molecular flexibility index (Phi) is 6.33. The fraction of sp³-hybridized carbons (Fsp3) is 0.556. The lowest BCUT2D eigenvalue weighted by Crippen LogP contribution is -2.55. The first-order chi connectivity index (χ1) is 11.4. The van der Waals surface area contributed by atoms with Crippen LogP contribution in [0.25, 0.3) is 0 Å². The van der Waals surface area contributed by atoms with E-state index in [1.165, 1.54) is 0 Å². The highest BCUT2D eigenvalue weighted by molar-refractivity contribution is 6.18. The number of nitrogens with zero attached hydrogens (tertiary/aromatic N) is 2. The van der Waals surface area contributed by atoms with Crippen molar-refractivity contribution in [3.05, 3.63) is 24.0 Å². The number of carbonyl (C=O) groups is 1. The summed E-state index contributed by atoms with van der Waals surface area (Å²) in [7, 11) is 0. The zero-order valence-electron chi connectivity index (χ0n) is 14.3. The summed E-state index contributed by atoms with van der Waals surface area (Å²) in [5, 5.41) is 0. The molecule has 2 heterocycles. The molecule has 1 fully saturated rings. The minimum absolute atomic E-state index is 0.0332. The summed E-state index contributed by atoms with van der Waals surface area (Å²) in [6.45, 7) is 6.69. The number of carbonyl (C=O) groups excluding carboxylic acids is 1. The highest BCUT2D eigenvalue weighted by Crippen LogP contribution is 2.22. The molecule has 6 heteroatoms. The molecular formula is C18H23ClN2O3. The van der Waals surface area contributed by atoms with E-state index >= 15 is 0 Å². The van der Waals surface area contributed by atoms with Gasteiger partial charge in [0.2, 0.25) is 0 Å². The van der Waals surface area contributed by atoms with Crippen molar-refractivity contribution in [2.24, 2.45) is 0 Å². The van der Waals surface area contributed by atoms with Crippen molar-refractivity contribution in [1.82, 2.24) is 9.88 Å². The van der Waals surface area contributed by atoms with Gasteiger partial charge in [-0.3, -0.25) is 4.98 Å². The first-order valence-electron chi connectivity index (χ1n) is 8.01. The molecule has 0 saturated carbocycles. The van der Waals surface area contributed by atoms with E-state index in [9.17, 15) is 4.79 Å². The topological polar surface area (TPSA) is 51.7 Å². The first-order valence-corrected chi connectivity index (χ1v) is 8.55. The minimum atomic E-state index is -0.488. The molecule has 0 aromatic carbocycles. The summed E-state index contributed by atoms with van der Waals surface area (Å²) >= 11 is 5.60. The van der Waals surface area contributed by atoms with Gasteiger partial charge in [0.25, 0.3) is 0 Å². The summed E-state index contributed by atoms with van der Waals surface area (Å²) < 4.78 is 11.1. The third kappa shape index (κ3) is 5.61. The Bertz CT molecular complexity index is 631. The number of pyridine rings is 1. The van der Waals surface area contributed by atoms with Crippen LogP contribution >= 0.6 is 11.6 Å². The largest absolute Gasteiger partial charge is 0.490 e. The van der Waals surface area contributed by atoms with Crippen LogP contribution in [-0.4, -0.2) is 46.7 Å². The lowest BCUT2D eigenvalue weighted by atomic mass is 10.1. The molecule has 1 unspecified atom stereocenters. The van der Waals surface area contributed by atoms with Gasteiger partial charge in [0.15, 0.2) is 0 Å². The SMILES string of the molecule is CC(C)(C)OC(=O)N1CCC1COc1cncc(C#CCCCl)c1. The summed E-state index contributed by atoms with van der Waals surface area (Å²) in [4.78, 5) is 17.9. The molecule has 0 N–H and O–H groups in total. The van der Waals surface area contributed by atoms with Crippen LogP contribution in [-0.2, 0) is 4.74 Å². The van der Waals surface area contributed by atoms with Gasteiger partial charge in [-0.2, -0.15) is 0 Å². The van der Waals surface area contributed by atoms with E-state index in [0.29, 0.717) is 31.2 Å². The average molecular weight is 351 g/mol. The maximum Gasteiger partial charge on any atom is 0.410 e. The number of halogens is 1. The molecule has 1 aromatic heterocycles. The smallest absolute Gasteiger partial charge is 0.410 e. The molecule has 1 aromatic rings. The Labute approximate surface area is 148 Å². The molecule has 0 aliphatic carbocycles. The van der Waals surface area contributed by atoms with Crippen LogP contribution in [0.3, 0.4) is 0 Å². The van der Waals surface area contributed by atoms with E-state index in [0.717, 1.165) is 12.0 Å². The highest BCUT2D eigenvalue weighted by Gasteiger charge is 2.35. The zero-order valence-corrected chi connectivity index (χ0v) is 15.1. The van der Waals surface area contributed by atoms with Gasteiger partial charge in [-0.1, -0.05) is 11.8 Å². The van der Waals surface area contributed by atoms with Crippen LogP contribution in [0.15, 0.2) is 18.5 Å². The average Bonchev–Trinajstić information content (AvgIpc) is 2.45. The van der Waals surface area contributed by atoms with Gasteiger partial charge < -0.3 is 14.4 Å². The van der Waals surface area contributed by atoms with Gasteiger partial charge in [-0.15, -0.1) is 11.6 Å². The van der Waals surface area contributed by atoms with Crippen LogP contribution in [0.1, 0.15) is 39.2 Å². The lowest BCUT2D eigenvalue weighted by molar-refractivity contribution is -0.0141. The van der Waals surface area contributed by atoms with Crippen LogP contribution in [0.2, 0.25) is 0 Å². The zero-order chi connectivity index (χ0) is 17.6. The summed E-state index contributed by atoms with van der Waals surface area (Å²) in [5.41, 5.74) is 0.299. The maximum atomic E-state index is 12.1. The van der Waals surface area contributed by atoms with Crippen LogP contribution in [0.5, 0.6) is 5.75 Å². The van der Waals surface area contributed by atoms with Gasteiger partial charge in [-0.25, -0.2) is 4.79 Å². The number of hydrogen-bond donors (Lipinski definition) is 0. The predicted octanol–water partition coefficient (Wildman–Crippen LogP) is 3.45. The Hall–Kier alpha value is -1.93. The number of likely N-dealkylation sites (tertiary alicyclic amines) is 1. The Balaban J connectivity index is 1.86. The van der Waals surface area contributed by atoms with Crippen LogP contribution in [0.4, 0.5) is 4.79 Å². The third-order valence-electron chi connectivity index (χ3n) is 3.38. The molecule has 24 heavy (non-hydrogen) atoms. The molecule has 0 radical (unpaired) electrons. The number of amides is 1. The molecule has 2 rings (SSSR count). The van der Waals surface area contributed by atoms with Gasteiger partial charge in [-0.05, 0) is 33.3 Å². The normalized spacial score (nSPS) is 16.7. The van der Waals surface area contributed by atoms with Crippen molar-refractivity contribution in [2.45, 2.75) is 45.3 Å². The van der Waals surface area contributed by atoms with Crippen LogP contribution < -0.4 is 4.74 Å². The van der Waals surface area contributed by atoms with Gasteiger partial charge in [0, 0.05) is 30.6 Å². The van der Waals surface area contributed by atoms with E-state index in [1.807, 2.05) is 26.8 Å². The van der Waals surface area contributed by atoms with Crippen molar-refractivity contribution in [3.8, 4) is 17.6 Å². The predicted molar refractivity (Wildman–Crippen MR) is 93.3 cm³/mol. The first kappa shape index (κ1) is 18.4. The molecule has 1 amide bonds. The Morgan fingerprint density at radius 3 is 2.88 bits per heavy atom. The van der Waals surface area contributed by atoms with Gasteiger partial charge in [0.05, 0.1) is 12.2 Å². The molecule has 1 atom stereocenters. The molecular weight excluding hydrogens is 328 g/mol. The van der Waals surface area contributed by atoms with Crippen molar-refractivity contribution < 1.29 is 14.3 Å². The number of hydrogen-bond acceptors (Lipinski definition) is 4. The summed E-state index contributed by atoms with van der Waals surface area (Å²) in [5.74, 6) is 7.11. The summed E-state index contributed by atoms with van der Waals surface area (Å²) in [6, 6.07) is 1.87. The second-order valence-electron chi connectivity index (χ2n) is 6.58. The number of aromatic nitrogens is 1. The van der Waals surface area contributed by atoms with Crippen LogP contribution in [0, 0.1) is 11.8 Å². The second kappa shape index (κ2) is 8.25. The molecule has 1 aliphatic rings. The van der Waals surface area contributed by atoms with E-state index in [4.69, 9.17) is 21.1 Å². The molecule has 130 valence electrons. The monoisotopic (exact) mass is 350 g/mol. The fourth-order valence-corrected chi connectivity index (χ4v) is 2.24. The lowest BCUT2D eigenvalue weighted by Gasteiger charge is -2.40. The standard InChI is InChI=1S/C18H23ClN2O3/c1-18(2,3)24-17(22)21-9-7-15(21)13-23-16-10-14(11-20-12-16)6-4-5-8-19/h10-12,15H,5,7-9,13H2,1-3H3. The Morgan fingerprint density at radius 1 is 1.46 bits per heavy atom. The highest BCUT2D eigenvalue weighted by atomic mass is 35.5. The summed E-state index contributed by atoms with van der Waals surface area (Å²) in [6.07, 6.45) is 4.58. The molecule has 0 spiro atoms. The minimum Gasteiger partial charge on any atom is -0.490 e. The fourth-order valence-electron chi connectivity index (χ4n) is 2.15. The Morgan fingerprint density at radius 2 is 2.25 bits per heavy atom. The maximum absolute atomic E-state index is 12.1. The van der Waals surface area contributed by atoms with Crippen molar-refractivity contribution in [1.29, 1.82) is 0 Å². The quantitative estimate of drug-likeness (QED) is 0.616. The van der Waals surface area contributed by atoms with E-state index in [1.54, 1.807) is 17.3 Å². The van der Waals surface area contributed by atoms with E-state index in [-0.39, 0.29) is 12.1 Å². The van der Waals surface area contributed by atoms with Gasteiger partial charge >= 0.3 is 6.09 Å². The number of alkyl halides is 1. The molecule has 5 nitrogen and oxygen atoms in total. The van der Waals surface area contributed by atoms with E-state index in [2.05, 4.69) is 16.8 Å². The van der Waals surface area contributed by atoms with Crippen molar-refractivity contribution in [2.75, 3.05) is 19.0 Å². The van der Waals surface area contributed by atoms with Crippen molar-refractivity contribution >= 4 is 17.7 Å². The van der Waals surface area contributed by atoms with E-state index < -0.39 is 5.60 Å². The van der Waals surface area contributed by atoms with Gasteiger partial charge in [0.1, 0.15) is 18.0 Å². The number of ether oxygens (including phenoxy) is 2. The second-order valence-corrected chi connectivity index (χ2v) is 6.96. The third-order valence-corrected chi connectivity index (χ3v) is 3.57. The molecule has 0 bridgehead atoms. The molecule has 1 saturated heterocycles. The molecule has 1 aliphatic heterocycles.